The number of carboxylic acids is 1. The molecule has 0 atom stereocenters. The minimum Gasteiger partial charge on any atom is -0.476 e. The Kier molecular flexibility index (Phi) is 1.78. The molecule has 0 fully saturated rings. The van der Waals surface area contributed by atoms with Crippen LogP contribution in [0.5, 0.6) is 0 Å². The fourth-order valence-corrected chi connectivity index (χ4v) is 0.619. The lowest BCUT2D eigenvalue weighted by atomic mass is 10.4. The van der Waals surface area contributed by atoms with E-state index in [1.165, 1.54) is 4.98 Å². The largest absolute Gasteiger partial charge is 0.476 e. The Morgan fingerprint density at radius 2 is 1.92 bits per heavy atom. The standard InChI is InChI=1S/C5H3FN2O4/c6-1-2(4(10)11)7-5(12)8-3(1)9/h(H,10,11)(H2,7,8,9,12)/i5+1,7+1,8+1. The molecular formula is C5H3FN2O4. The summed E-state index contributed by atoms with van der Waals surface area (Å²) in [5.74, 6) is -3.21. The summed E-state index contributed by atoms with van der Waals surface area (Å²) < 4.78 is 12.5. The molecule has 0 aliphatic carbocycles. The number of H-pyrrole nitrogens is 2. The average Bonchev–Trinajstić information content (AvgIpc) is 1.96. The van der Waals surface area contributed by atoms with Crippen molar-refractivity contribution in [2.75, 3.05) is 0 Å². The molecule has 12 heavy (non-hydrogen) atoms. The third-order valence-electron chi connectivity index (χ3n) is 1.10. The quantitative estimate of drug-likeness (QED) is 0.506. The molecule has 0 amide bonds. The van der Waals surface area contributed by atoms with Crippen LogP contribution in [0.4, 0.5) is 4.39 Å². The Morgan fingerprint density at radius 3 is 2.42 bits per heavy atom. The van der Waals surface area contributed by atoms with E-state index in [9.17, 15) is 18.8 Å². The van der Waals surface area contributed by atoms with Crippen molar-refractivity contribution in [2.24, 2.45) is 0 Å². The summed E-state index contributed by atoms with van der Waals surface area (Å²) in [5.41, 5.74) is -3.45. The van der Waals surface area contributed by atoms with Crippen LogP contribution in [0.3, 0.4) is 0 Å². The van der Waals surface area contributed by atoms with E-state index < -0.39 is 28.7 Å². The highest BCUT2D eigenvalue weighted by Gasteiger charge is 2.14. The molecule has 0 unspecified atom stereocenters. The van der Waals surface area contributed by atoms with Crippen LogP contribution >= 0.6 is 0 Å². The maximum atomic E-state index is 12.5. The molecule has 1 heterocycles. The number of aromatic amines is 2. The van der Waals surface area contributed by atoms with Crippen LogP contribution in [0.1, 0.15) is 10.5 Å². The van der Waals surface area contributed by atoms with Crippen molar-refractivity contribution in [3.05, 3.63) is 32.3 Å². The number of aromatic carboxylic acids is 1. The molecule has 1 aromatic heterocycles. The highest BCUT2D eigenvalue weighted by molar-refractivity contribution is 5.85. The zero-order chi connectivity index (χ0) is 9.30. The second-order valence-corrected chi connectivity index (χ2v) is 1.90. The normalized spacial score (nSPS) is 9.75. The lowest BCUT2D eigenvalue weighted by Crippen LogP contribution is -2.29. The summed E-state index contributed by atoms with van der Waals surface area (Å²) in [5, 5.41) is 8.25. The first-order chi connectivity index (χ1) is 5.52. The molecule has 0 aliphatic rings. The summed E-state index contributed by atoms with van der Waals surface area (Å²) in [6.45, 7) is 0. The second-order valence-electron chi connectivity index (χ2n) is 1.90. The van der Waals surface area contributed by atoms with Gasteiger partial charge in [0.25, 0.3) is 5.56 Å². The summed E-state index contributed by atoms with van der Waals surface area (Å²) in [6.07, 6.45) is 0. The molecule has 6 nitrogen and oxygen atoms in total. The molecule has 0 spiro atoms. The van der Waals surface area contributed by atoms with E-state index >= 15 is 0 Å². The third-order valence-corrected chi connectivity index (χ3v) is 1.10. The van der Waals surface area contributed by atoms with E-state index in [4.69, 9.17) is 5.11 Å². The summed E-state index contributed by atoms with van der Waals surface area (Å²) in [7, 11) is 0. The van der Waals surface area contributed by atoms with Crippen LogP contribution in [-0.4, -0.2) is 21.0 Å². The number of hydrogen-bond acceptors (Lipinski definition) is 3. The Bertz CT molecular complexity index is 432. The van der Waals surface area contributed by atoms with Crippen molar-refractivity contribution in [3.63, 3.8) is 0 Å². The van der Waals surface area contributed by atoms with Crippen molar-refractivity contribution < 1.29 is 14.3 Å². The molecule has 0 bridgehead atoms. The summed E-state index contributed by atoms with van der Waals surface area (Å²) in [6, 6.07) is 0. The minimum absolute atomic E-state index is 1.04. The number of nitrogens with one attached hydrogen (secondary N) is 2. The highest BCUT2D eigenvalue weighted by atomic mass is 19.1. The monoisotopic (exact) mass is 177 g/mol. The maximum Gasteiger partial charge on any atom is 0.355 e. The minimum atomic E-state index is -1.70. The Labute approximate surface area is 63.7 Å². The molecule has 0 saturated carbocycles. The van der Waals surface area contributed by atoms with Crippen molar-refractivity contribution >= 4 is 5.97 Å². The van der Waals surface area contributed by atoms with Crippen LogP contribution in [0.15, 0.2) is 9.59 Å². The first kappa shape index (κ1) is 8.18. The Hall–Kier alpha value is -1.92. The van der Waals surface area contributed by atoms with Gasteiger partial charge in [-0.2, -0.15) is 4.39 Å². The number of carboxylic acid groups (broad SMARTS) is 1. The number of rotatable bonds is 1. The Morgan fingerprint density at radius 1 is 1.33 bits per heavy atom. The van der Waals surface area contributed by atoms with Crippen LogP contribution in [0.2, 0.25) is 0 Å². The van der Waals surface area contributed by atoms with Gasteiger partial charge in [-0.3, -0.25) is 14.8 Å². The van der Waals surface area contributed by atoms with Gasteiger partial charge in [-0.15, -0.1) is 0 Å². The van der Waals surface area contributed by atoms with Gasteiger partial charge in [-0.05, 0) is 0 Å². The third kappa shape index (κ3) is 1.24. The van der Waals surface area contributed by atoms with Crippen LogP contribution < -0.4 is 11.2 Å². The second kappa shape index (κ2) is 2.61. The molecular weight excluding hydrogens is 174 g/mol. The lowest BCUT2D eigenvalue weighted by molar-refractivity contribution is 0.0683. The van der Waals surface area contributed by atoms with Crippen molar-refractivity contribution in [1.82, 2.24) is 9.97 Å². The van der Waals surface area contributed by atoms with Gasteiger partial charge >= 0.3 is 11.7 Å². The van der Waals surface area contributed by atoms with Gasteiger partial charge in [0.2, 0.25) is 5.82 Å². The maximum absolute atomic E-state index is 12.5. The van der Waals surface area contributed by atoms with Gasteiger partial charge in [0.05, 0.1) is 0 Å². The fraction of sp³-hybridized carbons (Fsp3) is 0. The zero-order valence-electron chi connectivity index (χ0n) is 5.55. The lowest BCUT2D eigenvalue weighted by Gasteiger charge is -1.93. The van der Waals surface area contributed by atoms with E-state index in [0.29, 0.717) is 0 Å². The SMILES string of the molecule is O=C(O)c1[15nH][13c](=O)[15nH]c(=O)c1F. The van der Waals surface area contributed by atoms with Crippen molar-refractivity contribution in [1.29, 1.82) is 0 Å². The molecule has 0 aliphatic heterocycles. The van der Waals surface area contributed by atoms with Crippen molar-refractivity contribution in [3.8, 4) is 0 Å². The molecule has 0 aromatic carbocycles. The molecule has 3 N–H and O–H groups in total. The average molecular weight is 177 g/mol. The fourth-order valence-electron chi connectivity index (χ4n) is 0.619. The number of hydrogen-bond donors (Lipinski definition) is 3. The number of aromatic nitrogens is 2. The van der Waals surface area contributed by atoms with Gasteiger partial charge in [0, 0.05) is 0 Å². The van der Waals surface area contributed by atoms with Crippen molar-refractivity contribution in [2.45, 2.75) is 0 Å². The topological polar surface area (TPSA) is 103 Å². The van der Waals surface area contributed by atoms with Gasteiger partial charge in [-0.25, -0.2) is 9.59 Å². The van der Waals surface area contributed by atoms with E-state index in [1.54, 1.807) is 4.98 Å². The number of halogens is 1. The van der Waals surface area contributed by atoms with E-state index in [2.05, 4.69) is 0 Å². The van der Waals surface area contributed by atoms with Gasteiger partial charge in [0.15, 0.2) is 5.69 Å². The van der Waals surface area contributed by atoms with Crippen LogP contribution in [-0.2, 0) is 0 Å². The van der Waals surface area contributed by atoms with Crippen LogP contribution in [0, 0.1) is 5.82 Å². The van der Waals surface area contributed by atoms with E-state index in [1.807, 2.05) is 0 Å². The Balaban J connectivity index is 3.59. The summed E-state index contributed by atoms with van der Waals surface area (Å²) >= 11 is 0. The molecule has 7 heteroatoms. The molecule has 1 rings (SSSR count). The molecule has 0 saturated heterocycles. The predicted octanol–water partition coefficient (Wildman–Crippen LogP) is -1.10. The van der Waals surface area contributed by atoms with E-state index in [-0.39, 0.29) is 0 Å². The van der Waals surface area contributed by atoms with Gasteiger partial charge in [-0.1, -0.05) is 0 Å². The van der Waals surface area contributed by atoms with E-state index in [0.717, 1.165) is 0 Å². The zero-order valence-corrected chi connectivity index (χ0v) is 5.55. The first-order valence-corrected chi connectivity index (χ1v) is 2.77. The first-order valence-electron chi connectivity index (χ1n) is 2.77. The smallest absolute Gasteiger partial charge is 0.355 e. The number of carbonyl (C=O) groups is 1. The molecule has 64 valence electrons. The van der Waals surface area contributed by atoms with Gasteiger partial charge in [0.1, 0.15) is 0 Å². The molecule has 0 radical (unpaired) electrons. The molecule has 1 aromatic rings. The summed E-state index contributed by atoms with van der Waals surface area (Å²) in [4.78, 5) is 34.2. The predicted molar refractivity (Wildman–Crippen MR) is 34.6 cm³/mol. The highest BCUT2D eigenvalue weighted by Crippen LogP contribution is 1.92. The van der Waals surface area contributed by atoms with Crippen LogP contribution in [0.25, 0.3) is 0 Å². The van der Waals surface area contributed by atoms with Gasteiger partial charge < -0.3 is 5.11 Å².